The van der Waals surface area contributed by atoms with Crippen molar-refractivity contribution < 1.29 is 18.3 Å². The lowest BCUT2D eigenvalue weighted by molar-refractivity contribution is -0.395. The maximum absolute atomic E-state index is 12.6. The van der Waals surface area contributed by atoms with Gasteiger partial charge < -0.3 is 5.32 Å². The van der Waals surface area contributed by atoms with Crippen molar-refractivity contribution in [2.45, 2.75) is 25.7 Å². The molecule has 14 nitrogen and oxygen atoms in total. The second kappa shape index (κ2) is 9.25. The number of aryl methyl sites for hydroxylation is 1. The predicted molar refractivity (Wildman–Crippen MR) is 117 cm³/mol. The third kappa shape index (κ3) is 5.09. The SMILES string of the molecule is Cc1ncn(-c2cc(NCCNS(=O)(=O)c3cc([N+](=O)[O-])c(C)c([N+](=O)[O-])c3)ncn2)c1C. The Kier molecular flexibility index (Phi) is 6.64. The Bertz CT molecular complexity index is 1300. The second-order valence-corrected chi connectivity index (χ2v) is 8.74. The van der Waals surface area contributed by atoms with Crippen LogP contribution in [0.25, 0.3) is 5.82 Å². The molecule has 0 aliphatic heterocycles. The second-order valence-electron chi connectivity index (χ2n) is 6.97. The molecule has 0 unspecified atom stereocenters. The molecule has 174 valence electrons. The summed E-state index contributed by atoms with van der Waals surface area (Å²) >= 11 is 0. The Morgan fingerprint density at radius 1 is 0.970 bits per heavy atom. The summed E-state index contributed by atoms with van der Waals surface area (Å²) in [5, 5.41) is 25.3. The highest BCUT2D eigenvalue weighted by molar-refractivity contribution is 7.89. The van der Waals surface area contributed by atoms with Crippen molar-refractivity contribution in [3.05, 3.63) is 68.0 Å². The topological polar surface area (TPSA) is 188 Å². The van der Waals surface area contributed by atoms with Crippen LogP contribution in [0.3, 0.4) is 0 Å². The van der Waals surface area contributed by atoms with E-state index in [9.17, 15) is 28.6 Å². The molecule has 3 aromatic rings. The van der Waals surface area contributed by atoms with E-state index in [4.69, 9.17) is 0 Å². The number of hydrogen-bond donors (Lipinski definition) is 2. The van der Waals surface area contributed by atoms with Gasteiger partial charge in [0.25, 0.3) is 11.4 Å². The maximum Gasteiger partial charge on any atom is 0.280 e. The normalized spacial score (nSPS) is 11.4. The Labute approximate surface area is 188 Å². The van der Waals surface area contributed by atoms with Gasteiger partial charge in [0.2, 0.25) is 10.0 Å². The van der Waals surface area contributed by atoms with Crippen LogP contribution in [0.2, 0.25) is 0 Å². The molecule has 1 aromatic carbocycles. The number of imidazole rings is 1. The fourth-order valence-electron chi connectivity index (χ4n) is 2.96. The average Bonchev–Trinajstić information content (AvgIpc) is 3.09. The van der Waals surface area contributed by atoms with Crippen LogP contribution in [0.4, 0.5) is 17.2 Å². The van der Waals surface area contributed by atoms with Gasteiger partial charge in [-0.3, -0.25) is 24.8 Å². The van der Waals surface area contributed by atoms with E-state index in [0.29, 0.717) is 11.6 Å². The molecule has 33 heavy (non-hydrogen) atoms. The Morgan fingerprint density at radius 3 is 2.15 bits per heavy atom. The van der Waals surface area contributed by atoms with Crippen LogP contribution in [0, 0.1) is 41.0 Å². The van der Waals surface area contributed by atoms with Crippen LogP contribution in [0.1, 0.15) is 17.0 Å². The molecular weight excluding hydrogens is 456 g/mol. The molecular formula is C18H20N8O6S. The number of benzene rings is 1. The van der Waals surface area contributed by atoms with Gasteiger partial charge in [-0.2, -0.15) is 0 Å². The number of aromatic nitrogens is 4. The zero-order chi connectivity index (χ0) is 24.3. The number of nitro groups is 2. The number of rotatable bonds is 9. The van der Waals surface area contributed by atoms with Gasteiger partial charge in [0, 0.05) is 37.0 Å². The predicted octanol–water partition coefficient (Wildman–Crippen LogP) is 1.79. The zero-order valence-corrected chi connectivity index (χ0v) is 18.7. The molecule has 0 saturated heterocycles. The third-order valence-electron chi connectivity index (χ3n) is 4.90. The average molecular weight is 476 g/mol. The minimum Gasteiger partial charge on any atom is -0.369 e. The molecule has 2 aromatic heterocycles. The van der Waals surface area contributed by atoms with Gasteiger partial charge in [-0.15, -0.1) is 0 Å². The standard InChI is InChI=1S/C18H20N8O6S/c1-11-15(25(27)28)6-14(7-16(11)26(29)30)33(31,32)23-5-4-19-17-8-18(21-9-20-17)24-10-22-12(2)13(24)3/h6-10,23H,4-5H2,1-3H3,(H,19,20,21). The minimum atomic E-state index is -4.24. The van der Waals surface area contributed by atoms with Crippen LogP contribution in [0.5, 0.6) is 0 Å². The van der Waals surface area contributed by atoms with Crippen molar-refractivity contribution in [2.24, 2.45) is 0 Å². The maximum atomic E-state index is 12.6. The van der Waals surface area contributed by atoms with E-state index >= 15 is 0 Å². The molecule has 0 spiro atoms. The molecule has 2 N–H and O–H groups in total. The monoisotopic (exact) mass is 476 g/mol. The van der Waals surface area contributed by atoms with E-state index in [1.165, 1.54) is 13.3 Å². The Hall–Kier alpha value is -3.98. The number of anilines is 1. The molecule has 0 bridgehead atoms. The first-order valence-electron chi connectivity index (χ1n) is 9.51. The highest BCUT2D eigenvalue weighted by atomic mass is 32.2. The fourth-order valence-corrected chi connectivity index (χ4v) is 4.03. The van der Waals surface area contributed by atoms with Gasteiger partial charge in [-0.05, 0) is 20.8 Å². The summed E-state index contributed by atoms with van der Waals surface area (Å²) in [7, 11) is -4.24. The summed E-state index contributed by atoms with van der Waals surface area (Å²) < 4.78 is 29.2. The van der Waals surface area contributed by atoms with Gasteiger partial charge in [-0.1, -0.05) is 0 Å². The molecule has 0 radical (unpaired) electrons. The molecule has 0 atom stereocenters. The Morgan fingerprint density at radius 2 is 1.61 bits per heavy atom. The number of nitro benzene ring substituents is 2. The fraction of sp³-hybridized carbons (Fsp3) is 0.278. The van der Waals surface area contributed by atoms with E-state index in [-0.39, 0.29) is 18.7 Å². The van der Waals surface area contributed by atoms with Crippen LogP contribution < -0.4 is 10.0 Å². The molecule has 3 rings (SSSR count). The first kappa shape index (κ1) is 23.7. The summed E-state index contributed by atoms with van der Waals surface area (Å²) in [5.74, 6) is 1.01. The minimum absolute atomic E-state index is 0.111. The lowest BCUT2D eigenvalue weighted by atomic mass is 10.1. The van der Waals surface area contributed by atoms with Gasteiger partial charge in [0.1, 0.15) is 29.9 Å². The number of nitrogens with one attached hydrogen (secondary N) is 2. The molecule has 2 heterocycles. The van der Waals surface area contributed by atoms with Gasteiger partial charge in [0.15, 0.2) is 0 Å². The van der Waals surface area contributed by atoms with Crippen molar-refractivity contribution >= 4 is 27.2 Å². The van der Waals surface area contributed by atoms with Crippen molar-refractivity contribution in [2.75, 3.05) is 18.4 Å². The van der Waals surface area contributed by atoms with Crippen molar-refractivity contribution in [1.82, 2.24) is 24.2 Å². The van der Waals surface area contributed by atoms with Crippen molar-refractivity contribution in [3.8, 4) is 5.82 Å². The smallest absolute Gasteiger partial charge is 0.280 e. The number of hydrogen-bond acceptors (Lipinski definition) is 10. The number of sulfonamides is 1. The van der Waals surface area contributed by atoms with E-state index in [1.807, 2.05) is 13.8 Å². The van der Waals surface area contributed by atoms with E-state index in [0.717, 1.165) is 23.5 Å². The van der Waals surface area contributed by atoms with Crippen LogP contribution >= 0.6 is 0 Å². The van der Waals surface area contributed by atoms with E-state index in [1.54, 1.807) is 17.0 Å². The largest absolute Gasteiger partial charge is 0.369 e. The number of nitrogens with zero attached hydrogens (tertiary/aromatic N) is 6. The first-order chi connectivity index (χ1) is 15.5. The van der Waals surface area contributed by atoms with Crippen LogP contribution in [-0.2, 0) is 10.0 Å². The molecule has 0 aliphatic carbocycles. The highest BCUT2D eigenvalue weighted by Gasteiger charge is 2.27. The highest BCUT2D eigenvalue weighted by Crippen LogP contribution is 2.31. The molecule has 0 aliphatic rings. The van der Waals surface area contributed by atoms with E-state index < -0.39 is 36.1 Å². The van der Waals surface area contributed by atoms with Crippen LogP contribution in [0.15, 0.2) is 35.7 Å². The summed E-state index contributed by atoms with van der Waals surface area (Å²) in [6.45, 7) is 4.96. The molecule has 0 saturated carbocycles. The van der Waals surface area contributed by atoms with Crippen molar-refractivity contribution in [1.29, 1.82) is 0 Å². The van der Waals surface area contributed by atoms with Crippen LogP contribution in [-0.4, -0.2) is 50.9 Å². The molecule has 0 fully saturated rings. The Balaban J connectivity index is 1.70. The lowest BCUT2D eigenvalue weighted by Gasteiger charge is -2.10. The quantitative estimate of drug-likeness (QED) is 0.262. The van der Waals surface area contributed by atoms with Gasteiger partial charge in [0.05, 0.1) is 20.4 Å². The van der Waals surface area contributed by atoms with E-state index in [2.05, 4.69) is 25.0 Å². The first-order valence-corrected chi connectivity index (χ1v) is 11.0. The summed E-state index contributed by atoms with van der Waals surface area (Å²) in [5.41, 5.74) is 0.235. The third-order valence-corrected chi connectivity index (χ3v) is 6.35. The summed E-state index contributed by atoms with van der Waals surface area (Å²) in [6.07, 6.45) is 2.98. The molecule has 0 amide bonds. The van der Waals surface area contributed by atoms with Gasteiger partial charge in [-0.25, -0.2) is 28.1 Å². The summed E-state index contributed by atoms with van der Waals surface area (Å²) in [6, 6.07) is 3.25. The summed E-state index contributed by atoms with van der Waals surface area (Å²) in [4.78, 5) is 32.6. The zero-order valence-electron chi connectivity index (χ0n) is 17.8. The lowest BCUT2D eigenvalue weighted by Crippen LogP contribution is -2.29. The van der Waals surface area contributed by atoms with Crippen molar-refractivity contribution in [3.63, 3.8) is 0 Å². The van der Waals surface area contributed by atoms with Gasteiger partial charge >= 0.3 is 0 Å². The molecule has 15 heteroatoms.